The molecule has 0 unspecified atom stereocenters. The Morgan fingerprint density at radius 2 is 1.62 bits per heavy atom. The van der Waals surface area contributed by atoms with Crippen LogP contribution >= 0.6 is 0 Å². The molecule has 5 atom stereocenters. The zero-order valence-electron chi connectivity index (χ0n) is 16.3. The summed E-state index contributed by atoms with van der Waals surface area (Å²) in [5.74, 6) is -1.51. The Hall–Kier alpha value is -3.35. The van der Waals surface area contributed by atoms with E-state index in [0.717, 1.165) is 18.2 Å². The third-order valence-corrected chi connectivity index (χ3v) is 5.13. The topological polar surface area (TPSA) is 190 Å². The van der Waals surface area contributed by atoms with Crippen molar-refractivity contribution in [2.75, 3.05) is 6.61 Å². The predicted molar refractivity (Wildman–Crippen MR) is 106 cm³/mol. The highest BCUT2D eigenvalue weighted by Crippen LogP contribution is 2.43. The summed E-state index contributed by atoms with van der Waals surface area (Å²) in [6.45, 7) is -0.668. The van der Waals surface area contributed by atoms with Crippen LogP contribution in [-0.4, -0.2) is 73.1 Å². The second-order valence-electron chi connectivity index (χ2n) is 7.31. The van der Waals surface area contributed by atoms with E-state index in [9.17, 15) is 40.5 Å². The van der Waals surface area contributed by atoms with Gasteiger partial charge in [-0.1, -0.05) is 0 Å². The van der Waals surface area contributed by atoms with Gasteiger partial charge in [-0.3, -0.25) is 4.79 Å². The molecule has 2 heterocycles. The lowest BCUT2D eigenvalue weighted by molar-refractivity contribution is -0.277. The molecule has 4 rings (SSSR count). The van der Waals surface area contributed by atoms with Gasteiger partial charge in [0.1, 0.15) is 35.9 Å². The highest BCUT2D eigenvalue weighted by molar-refractivity contribution is 5.75. The summed E-state index contributed by atoms with van der Waals surface area (Å²) in [5.41, 5.74) is -0.255. The van der Waals surface area contributed by atoms with Crippen molar-refractivity contribution in [2.45, 2.75) is 30.7 Å². The van der Waals surface area contributed by atoms with Gasteiger partial charge in [0, 0.05) is 17.7 Å². The van der Waals surface area contributed by atoms with E-state index in [1.54, 1.807) is 0 Å². The van der Waals surface area contributed by atoms with E-state index < -0.39 is 60.0 Å². The van der Waals surface area contributed by atoms with E-state index in [4.69, 9.17) is 13.9 Å². The first-order valence-electron chi connectivity index (χ1n) is 9.50. The maximum Gasteiger partial charge on any atom is 0.229 e. The van der Waals surface area contributed by atoms with Crippen molar-refractivity contribution in [3.63, 3.8) is 0 Å². The zero-order valence-corrected chi connectivity index (χ0v) is 16.3. The lowest BCUT2D eigenvalue weighted by Gasteiger charge is -2.39. The van der Waals surface area contributed by atoms with E-state index in [-0.39, 0.29) is 28.4 Å². The van der Waals surface area contributed by atoms with E-state index in [1.165, 1.54) is 18.2 Å². The van der Waals surface area contributed by atoms with Gasteiger partial charge < -0.3 is 49.6 Å². The normalized spacial score (nSPS) is 25.7. The molecule has 32 heavy (non-hydrogen) atoms. The van der Waals surface area contributed by atoms with Crippen LogP contribution < -0.4 is 10.2 Å². The number of aliphatic hydroxyl groups is 4. The highest BCUT2D eigenvalue weighted by atomic mass is 16.7. The minimum Gasteiger partial charge on any atom is -0.507 e. The van der Waals surface area contributed by atoms with Gasteiger partial charge in [0.25, 0.3) is 0 Å². The van der Waals surface area contributed by atoms with Crippen LogP contribution in [0.5, 0.6) is 23.0 Å². The minimum absolute atomic E-state index is 0.0151. The number of hydrogen-bond donors (Lipinski definition) is 7. The number of benzene rings is 2. The molecule has 0 saturated carbocycles. The van der Waals surface area contributed by atoms with Crippen molar-refractivity contribution < 1.29 is 49.6 Å². The zero-order chi connectivity index (χ0) is 23.2. The summed E-state index contributed by atoms with van der Waals surface area (Å²) in [4.78, 5) is 11.8. The molecule has 1 aliphatic carbocycles. The molecule has 0 radical (unpaired) electrons. The van der Waals surface area contributed by atoms with Crippen LogP contribution in [-0.2, 0) is 4.74 Å². The number of aromatic hydroxyl groups is 3. The fraction of sp³-hybridized carbons (Fsp3) is 0.286. The Morgan fingerprint density at radius 1 is 0.875 bits per heavy atom. The first kappa shape index (κ1) is 21.9. The summed E-state index contributed by atoms with van der Waals surface area (Å²) in [6, 6.07) is 7.08. The third kappa shape index (κ3) is 3.83. The van der Waals surface area contributed by atoms with Gasteiger partial charge in [0.2, 0.25) is 6.29 Å². The van der Waals surface area contributed by atoms with Crippen LogP contribution in [0, 0.1) is 0 Å². The van der Waals surface area contributed by atoms with Crippen molar-refractivity contribution in [1.82, 2.24) is 0 Å². The number of aliphatic hydroxyl groups excluding tert-OH is 4. The summed E-state index contributed by atoms with van der Waals surface area (Å²) in [6.07, 6.45) is -7.80. The van der Waals surface area contributed by atoms with Crippen LogP contribution in [0.1, 0.15) is 0 Å². The molecule has 0 amide bonds. The van der Waals surface area contributed by atoms with Gasteiger partial charge in [-0.15, -0.1) is 0 Å². The fourth-order valence-electron chi connectivity index (χ4n) is 3.42. The number of hydrogen-bond acceptors (Lipinski definition) is 11. The first-order chi connectivity index (χ1) is 15.2. The van der Waals surface area contributed by atoms with Gasteiger partial charge >= 0.3 is 0 Å². The molecule has 7 N–H and O–H groups in total. The summed E-state index contributed by atoms with van der Waals surface area (Å²) in [5, 5.41) is 69.3. The molecule has 1 aromatic carbocycles. The summed E-state index contributed by atoms with van der Waals surface area (Å²) >= 11 is 0. The molecule has 11 heteroatoms. The van der Waals surface area contributed by atoms with Gasteiger partial charge in [0.15, 0.2) is 28.4 Å². The molecule has 3 aliphatic rings. The monoisotopic (exact) mass is 448 g/mol. The average Bonchev–Trinajstić information content (AvgIpc) is 2.76. The van der Waals surface area contributed by atoms with Gasteiger partial charge in [-0.05, 0) is 24.3 Å². The molecule has 0 spiro atoms. The summed E-state index contributed by atoms with van der Waals surface area (Å²) in [7, 11) is 0. The number of ether oxygens (including phenoxy) is 2. The number of phenols is 3. The quantitative estimate of drug-likeness (QED) is 0.260. The Balaban J connectivity index is 1.84. The van der Waals surface area contributed by atoms with Crippen molar-refractivity contribution in [3.05, 3.63) is 46.6 Å². The van der Waals surface area contributed by atoms with Crippen LogP contribution in [0.4, 0.5) is 0 Å². The summed E-state index contributed by atoms with van der Waals surface area (Å²) < 4.78 is 16.8. The van der Waals surface area contributed by atoms with E-state index >= 15 is 0 Å². The van der Waals surface area contributed by atoms with Crippen molar-refractivity contribution in [3.8, 4) is 45.6 Å². The smallest absolute Gasteiger partial charge is 0.229 e. The molecule has 1 saturated heterocycles. The molecule has 1 fully saturated rings. The van der Waals surface area contributed by atoms with Crippen molar-refractivity contribution >= 4 is 0 Å². The van der Waals surface area contributed by atoms with Gasteiger partial charge in [-0.25, -0.2) is 0 Å². The number of rotatable bonds is 4. The van der Waals surface area contributed by atoms with E-state index in [1.807, 2.05) is 0 Å². The van der Waals surface area contributed by atoms with Crippen molar-refractivity contribution in [2.24, 2.45) is 0 Å². The Labute approximate surface area is 179 Å². The van der Waals surface area contributed by atoms with E-state index in [2.05, 4.69) is 0 Å². The van der Waals surface area contributed by atoms with E-state index in [0.29, 0.717) is 0 Å². The minimum atomic E-state index is -1.72. The molecule has 170 valence electrons. The molecule has 2 aliphatic heterocycles. The van der Waals surface area contributed by atoms with Crippen LogP contribution in [0.25, 0.3) is 22.6 Å². The predicted octanol–water partition coefficient (Wildman–Crippen LogP) is -0.293. The Bertz CT molecular complexity index is 1150. The second kappa shape index (κ2) is 8.30. The molecule has 0 bridgehead atoms. The largest absolute Gasteiger partial charge is 0.507 e. The Kier molecular flexibility index (Phi) is 5.67. The SMILES string of the molecule is O=c1cc2oc(-c3ccc(O)c(O)c3)c(O[C@@H]3O[C@H](CO)[C@@H](O)[C@H](O)[C@H]3O)cc-2c(O)c1. The number of phenolic OH excluding ortho intramolecular Hbond substituents is 3. The Morgan fingerprint density at radius 3 is 2.31 bits per heavy atom. The molecule has 0 aromatic heterocycles. The van der Waals surface area contributed by atoms with Gasteiger partial charge in [0.05, 0.1) is 12.2 Å². The molecular weight excluding hydrogens is 428 g/mol. The van der Waals surface area contributed by atoms with Crippen LogP contribution in [0.15, 0.2) is 45.6 Å². The van der Waals surface area contributed by atoms with Crippen LogP contribution in [0.3, 0.4) is 0 Å². The third-order valence-electron chi connectivity index (χ3n) is 5.13. The van der Waals surface area contributed by atoms with Gasteiger partial charge in [-0.2, -0.15) is 0 Å². The maximum atomic E-state index is 11.8. The second-order valence-corrected chi connectivity index (χ2v) is 7.31. The average molecular weight is 448 g/mol. The lowest BCUT2D eigenvalue weighted by Crippen LogP contribution is -2.60. The standard InChI is InChI=1S/C21H20O11/c22-7-16-17(27)18(28)19(29)21(32-16)31-15-6-10-12(25)4-9(23)5-14(10)30-20(15)8-1-2-11(24)13(26)3-8/h1-6,16-19,21-22,24-29H,7H2/t16-,17-,18+,19-,21-/m1/s1. The van der Waals surface area contributed by atoms with Crippen molar-refractivity contribution in [1.29, 1.82) is 0 Å². The van der Waals surface area contributed by atoms with Crippen LogP contribution in [0.2, 0.25) is 0 Å². The number of fused-ring (bicyclic) bond motifs is 1. The molecule has 11 nitrogen and oxygen atoms in total. The molecular formula is C21H20O11. The maximum absolute atomic E-state index is 11.8. The fourth-order valence-corrected chi connectivity index (χ4v) is 3.42. The first-order valence-corrected chi connectivity index (χ1v) is 9.50. The molecule has 1 aromatic rings. The highest BCUT2D eigenvalue weighted by Gasteiger charge is 2.45. The lowest BCUT2D eigenvalue weighted by atomic mass is 9.99.